The Bertz CT molecular complexity index is 162. The fraction of sp³-hybridized carbons (Fsp3) is 0.143. The maximum atomic E-state index is 4.96. The molecule has 0 bridgehead atoms. The first kappa shape index (κ1) is 6.11. The van der Waals surface area contributed by atoms with Crippen molar-refractivity contribution in [2.75, 3.05) is 7.05 Å². The minimum absolute atomic E-state index is 0.833. The maximum Gasteiger partial charge on any atom is 0.147 e. The number of nitrogens with one attached hydrogen (secondary N) is 1. The van der Waals surface area contributed by atoms with Crippen LogP contribution in [0.5, 0.6) is 5.75 Å². The normalized spacial score (nSPS) is 9.00. The standard InChI is InChI=1S/C7H9NO/c1-8-9-7-5-3-2-4-6-7/h2-6,8H,1H3. The molecule has 0 aliphatic heterocycles. The minimum atomic E-state index is 0.833. The lowest BCUT2D eigenvalue weighted by atomic mass is 10.3. The van der Waals surface area contributed by atoms with Gasteiger partial charge in [0.1, 0.15) is 5.75 Å². The lowest BCUT2D eigenvalue weighted by Gasteiger charge is -1.99. The summed E-state index contributed by atoms with van der Waals surface area (Å²) in [6.07, 6.45) is 0. The van der Waals surface area contributed by atoms with Crippen LogP contribution in [-0.2, 0) is 0 Å². The van der Waals surface area contributed by atoms with Gasteiger partial charge >= 0.3 is 0 Å². The summed E-state index contributed by atoms with van der Waals surface area (Å²) < 4.78 is 0. The molecule has 0 aromatic heterocycles. The molecule has 1 rings (SSSR count). The lowest BCUT2D eigenvalue weighted by Crippen LogP contribution is -2.10. The van der Waals surface area contributed by atoms with E-state index in [1.165, 1.54) is 0 Å². The van der Waals surface area contributed by atoms with E-state index < -0.39 is 0 Å². The van der Waals surface area contributed by atoms with Crippen molar-refractivity contribution >= 4 is 0 Å². The maximum absolute atomic E-state index is 4.96. The summed E-state index contributed by atoms with van der Waals surface area (Å²) in [5.41, 5.74) is 2.58. The third-order valence-corrected chi connectivity index (χ3v) is 0.963. The molecule has 0 aliphatic carbocycles. The molecule has 0 saturated carbocycles. The molecular formula is C7H9NO. The third-order valence-electron chi connectivity index (χ3n) is 0.963. The van der Waals surface area contributed by atoms with Gasteiger partial charge in [0.15, 0.2) is 0 Å². The Hall–Kier alpha value is -1.02. The molecule has 1 N–H and O–H groups in total. The second-order valence-corrected chi connectivity index (χ2v) is 1.62. The quantitative estimate of drug-likeness (QED) is 0.596. The number of hydroxylamine groups is 1. The highest BCUT2D eigenvalue weighted by Crippen LogP contribution is 2.05. The minimum Gasteiger partial charge on any atom is -0.409 e. The molecule has 1 aromatic carbocycles. The van der Waals surface area contributed by atoms with Gasteiger partial charge in [0, 0.05) is 7.05 Å². The van der Waals surface area contributed by atoms with Crippen LogP contribution >= 0.6 is 0 Å². The van der Waals surface area contributed by atoms with Crippen molar-refractivity contribution in [3.05, 3.63) is 30.3 Å². The molecule has 1 aromatic rings. The van der Waals surface area contributed by atoms with E-state index in [1.54, 1.807) is 7.05 Å². The van der Waals surface area contributed by atoms with Gasteiger partial charge in [-0.3, -0.25) is 0 Å². The second kappa shape index (κ2) is 3.10. The third kappa shape index (κ3) is 1.74. The van der Waals surface area contributed by atoms with E-state index in [9.17, 15) is 0 Å². The van der Waals surface area contributed by atoms with E-state index in [4.69, 9.17) is 4.84 Å². The van der Waals surface area contributed by atoms with Crippen molar-refractivity contribution in [1.82, 2.24) is 5.48 Å². The van der Waals surface area contributed by atoms with Crippen LogP contribution in [0.3, 0.4) is 0 Å². The van der Waals surface area contributed by atoms with Crippen LogP contribution in [0.1, 0.15) is 0 Å². The molecule has 0 radical (unpaired) electrons. The van der Waals surface area contributed by atoms with E-state index in [-0.39, 0.29) is 0 Å². The van der Waals surface area contributed by atoms with Gasteiger partial charge in [-0.15, -0.1) is 0 Å². The van der Waals surface area contributed by atoms with Crippen LogP contribution in [0, 0.1) is 0 Å². The first-order chi connectivity index (χ1) is 4.43. The van der Waals surface area contributed by atoms with Crippen molar-refractivity contribution in [3.8, 4) is 5.75 Å². The fourth-order valence-electron chi connectivity index (χ4n) is 0.606. The van der Waals surface area contributed by atoms with Gasteiger partial charge in [0.2, 0.25) is 0 Å². The zero-order chi connectivity index (χ0) is 6.53. The van der Waals surface area contributed by atoms with Gasteiger partial charge in [0.05, 0.1) is 0 Å². The van der Waals surface area contributed by atoms with E-state index in [0.29, 0.717) is 0 Å². The molecule has 0 unspecified atom stereocenters. The number of para-hydroxylation sites is 1. The zero-order valence-electron chi connectivity index (χ0n) is 5.29. The van der Waals surface area contributed by atoms with Gasteiger partial charge in [0.25, 0.3) is 0 Å². The largest absolute Gasteiger partial charge is 0.409 e. The van der Waals surface area contributed by atoms with E-state index in [1.807, 2.05) is 30.3 Å². The molecule has 2 nitrogen and oxygen atoms in total. The Morgan fingerprint density at radius 3 is 2.44 bits per heavy atom. The molecule has 0 heterocycles. The zero-order valence-corrected chi connectivity index (χ0v) is 5.29. The number of hydrogen-bond acceptors (Lipinski definition) is 2. The van der Waals surface area contributed by atoms with Gasteiger partial charge in [-0.05, 0) is 12.1 Å². The molecule has 0 spiro atoms. The van der Waals surface area contributed by atoms with Crippen LogP contribution < -0.4 is 10.3 Å². The molecule has 0 saturated heterocycles. The predicted octanol–water partition coefficient (Wildman–Crippen LogP) is 1.20. The summed E-state index contributed by atoms with van der Waals surface area (Å²) in [4.78, 5) is 4.96. The Labute approximate surface area is 54.4 Å². The molecular weight excluding hydrogens is 114 g/mol. The van der Waals surface area contributed by atoms with Gasteiger partial charge in [-0.2, -0.15) is 5.48 Å². The van der Waals surface area contributed by atoms with Crippen molar-refractivity contribution in [2.45, 2.75) is 0 Å². The van der Waals surface area contributed by atoms with Crippen molar-refractivity contribution < 1.29 is 4.84 Å². The summed E-state index contributed by atoms with van der Waals surface area (Å²) in [5.74, 6) is 0.833. The SMILES string of the molecule is CNOc1ccccc1. The van der Waals surface area contributed by atoms with E-state index in [0.717, 1.165) is 5.75 Å². The number of hydrogen-bond donors (Lipinski definition) is 1. The smallest absolute Gasteiger partial charge is 0.147 e. The molecule has 48 valence electrons. The first-order valence-electron chi connectivity index (χ1n) is 2.82. The molecule has 2 heteroatoms. The average molecular weight is 123 g/mol. The Morgan fingerprint density at radius 2 is 1.89 bits per heavy atom. The molecule has 0 aliphatic rings. The van der Waals surface area contributed by atoms with E-state index in [2.05, 4.69) is 5.48 Å². The lowest BCUT2D eigenvalue weighted by molar-refractivity contribution is 0.224. The fourth-order valence-corrected chi connectivity index (χ4v) is 0.606. The number of rotatable bonds is 2. The van der Waals surface area contributed by atoms with Crippen molar-refractivity contribution in [2.24, 2.45) is 0 Å². The summed E-state index contributed by atoms with van der Waals surface area (Å²) in [6.45, 7) is 0. The topological polar surface area (TPSA) is 21.3 Å². The highest BCUT2D eigenvalue weighted by molar-refractivity contribution is 5.20. The van der Waals surface area contributed by atoms with Crippen LogP contribution in [0.4, 0.5) is 0 Å². The van der Waals surface area contributed by atoms with Gasteiger partial charge in [-0.25, -0.2) is 0 Å². The van der Waals surface area contributed by atoms with Gasteiger partial charge in [-0.1, -0.05) is 18.2 Å². The molecule has 0 atom stereocenters. The molecule has 0 amide bonds. The van der Waals surface area contributed by atoms with Crippen LogP contribution in [-0.4, -0.2) is 7.05 Å². The van der Waals surface area contributed by atoms with Crippen LogP contribution in [0.25, 0.3) is 0 Å². The average Bonchev–Trinajstić information content (AvgIpc) is 1.91. The van der Waals surface area contributed by atoms with Crippen molar-refractivity contribution in [3.63, 3.8) is 0 Å². The van der Waals surface area contributed by atoms with E-state index >= 15 is 0 Å². The van der Waals surface area contributed by atoms with Crippen LogP contribution in [0.2, 0.25) is 0 Å². The number of benzene rings is 1. The summed E-state index contributed by atoms with van der Waals surface area (Å²) in [5, 5.41) is 0. The van der Waals surface area contributed by atoms with Crippen molar-refractivity contribution in [1.29, 1.82) is 0 Å². The summed E-state index contributed by atoms with van der Waals surface area (Å²) >= 11 is 0. The monoisotopic (exact) mass is 123 g/mol. The highest BCUT2D eigenvalue weighted by Gasteiger charge is 1.84. The summed E-state index contributed by atoms with van der Waals surface area (Å²) in [7, 11) is 1.73. The second-order valence-electron chi connectivity index (χ2n) is 1.62. The highest BCUT2D eigenvalue weighted by atomic mass is 16.6. The van der Waals surface area contributed by atoms with Gasteiger partial charge < -0.3 is 4.84 Å². The van der Waals surface area contributed by atoms with Crippen LogP contribution in [0.15, 0.2) is 30.3 Å². The predicted molar refractivity (Wildman–Crippen MR) is 36.1 cm³/mol. The Morgan fingerprint density at radius 1 is 1.22 bits per heavy atom. The Balaban J connectivity index is 2.61. The first-order valence-corrected chi connectivity index (χ1v) is 2.82. The molecule has 9 heavy (non-hydrogen) atoms. The summed E-state index contributed by atoms with van der Waals surface area (Å²) in [6, 6.07) is 9.56. The Kier molecular flexibility index (Phi) is 2.10. The molecule has 0 fully saturated rings.